The minimum absolute atomic E-state index is 0.156. The Hall–Kier alpha value is -0.593. The fourth-order valence-electron chi connectivity index (χ4n) is 0.778. The summed E-state index contributed by atoms with van der Waals surface area (Å²) in [6.07, 6.45) is 3.28. The van der Waals surface area contributed by atoms with E-state index < -0.39 is 8.32 Å². The highest BCUT2D eigenvalue weighted by Gasteiger charge is 2.38. The molecule has 0 aromatic heterocycles. The predicted octanol–water partition coefficient (Wildman–Crippen LogP) is 3.48. The van der Waals surface area contributed by atoms with Gasteiger partial charge in [-0.15, -0.1) is 0 Å². The minimum Gasteiger partial charge on any atom is -0.398 e. The first-order chi connectivity index (χ1) is 6.24. The number of rotatable bonds is 3. The fraction of sp³-hybridized carbons (Fsp3) is 0.727. The van der Waals surface area contributed by atoms with Crippen LogP contribution in [0, 0.1) is 11.3 Å². The zero-order valence-electron chi connectivity index (χ0n) is 10.1. The van der Waals surface area contributed by atoms with Crippen molar-refractivity contribution in [3.63, 3.8) is 0 Å². The molecule has 1 atom stereocenters. The molecule has 0 bridgehead atoms. The van der Waals surface area contributed by atoms with Gasteiger partial charge in [0.05, 0.1) is 6.07 Å². The van der Waals surface area contributed by atoms with E-state index >= 15 is 0 Å². The van der Waals surface area contributed by atoms with Crippen LogP contribution in [0.4, 0.5) is 0 Å². The summed E-state index contributed by atoms with van der Waals surface area (Å²) >= 11 is 0. The molecular formula is C11H21NOSi. The molecular weight excluding hydrogens is 190 g/mol. The molecule has 80 valence electrons. The number of nitriles is 1. The molecule has 0 fully saturated rings. The van der Waals surface area contributed by atoms with Gasteiger partial charge in [-0.2, -0.15) is 5.26 Å². The monoisotopic (exact) mass is 211 g/mol. The van der Waals surface area contributed by atoms with Crippen molar-refractivity contribution in [2.24, 2.45) is 0 Å². The van der Waals surface area contributed by atoms with Crippen LogP contribution in [0.15, 0.2) is 12.2 Å². The third kappa shape index (κ3) is 3.65. The molecule has 0 amide bonds. The molecule has 2 nitrogen and oxygen atoms in total. The summed E-state index contributed by atoms with van der Waals surface area (Å²) in [6, 6.07) is 2.16. The van der Waals surface area contributed by atoms with Gasteiger partial charge in [-0.3, -0.25) is 0 Å². The molecule has 0 aliphatic heterocycles. The van der Waals surface area contributed by atoms with E-state index in [0.29, 0.717) is 0 Å². The van der Waals surface area contributed by atoms with Crippen LogP contribution in [0.1, 0.15) is 27.7 Å². The van der Waals surface area contributed by atoms with Crippen LogP contribution >= 0.6 is 0 Å². The van der Waals surface area contributed by atoms with E-state index in [2.05, 4.69) is 39.9 Å². The smallest absolute Gasteiger partial charge is 0.194 e. The van der Waals surface area contributed by atoms with Crippen LogP contribution in [0.5, 0.6) is 0 Å². The van der Waals surface area contributed by atoms with Gasteiger partial charge < -0.3 is 4.43 Å². The Bertz CT molecular complexity index is 245. The maximum atomic E-state index is 8.88. The van der Waals surface area contributed by atoms with E-state index in [1.165, 1.54) is 0 Å². The van der Waals surface area contributed by atoms with Gasteiger partial charge in [0.15, 0.2) is 14.4 Å². The average Bonchev–Trinajstić information content (AvgIpc) is 2.01. The highest BCUT2D eigenvalue weighted by atomic mass is 28.4. The van der Waals surface area contributed by atoms with Crippen molar-refractivity contribution in [3.05, 3.63) is 12.2 Å². The van der Waals surface area contributed by atoms with Crippen LogP contribution in [0.25, 0.3) is 0 Å². The predicted molar refractivity (Wildman–Crippen MR) is 62.5 cm³/mol. The first-order valence-electron chi connectivity index (χ1n) is 4.95. The maximum absolute atomic E-state index is 8.88. The lowest BCUT2D eigenvalue weighted by molar-refractivity contribution is 0.273. The summed E-state index contributed by atoms with van der Waals surface area (Å²) < 4.78 is 5.88. The van der Waals surface area contributed by atoms with Crippen molar-refractivity contribution in [2.75, 3.05) is 0 Å². The van der Waals surface area contributed by atoms with Crippen LogP contribution in [-0.2, 0) is 4.43 Å². The summed E-state index contributed by atoms with van der Waals surface area (Å²) in [7, 11) is -1.80. The topological polar surface area (TPSA) is 33.0 Å². The van der Waals surface area contributed by atoms with E-state index in [4.69, 9.17) is 9.69 Å². The van der Waals surface area contributed by atoms with Gasteiger partial charge in [-0.05, 0) is 31.1 Å². The first kappa shape index (κ1) is 13.4. The van der Waals surface area contributed by atoms with Crippen molar-refractivity contribution in [3.8, 4) is 6.07 Å². The van der Waals surface area contributed by atoms with Crippen molar-refractivity contribution < 1.29 is 4.43 Å². The van der Waals surface area contributed by atoms with Crippen molar-refractivity contribution in [1.82, 2.24) is 0 Å². The molecule has 3 heteroatoms. The summed E-state index contributed by atoms with van der Waals surface area (Å²) in [5, 5.41) is 9.04. The second-order valence-electron chi connectivity index (χ2n) is 4.95. The molecule has 0 radical (unpaired) electrons. The highest BCUT2D eigenvalue weighted by molar-refractivity contribution is 6.74. The van der Waals surface area contributed by atoms with Crippen LogP contribution < -0.4 is 0 Å². The molecule has 0 spiro atoms. The lowest BCUT2D eigenvalue weighted by Crippen LogP contribution is -2.43. The third-order valence-corrected chi connectivity index (χ3v) is 7.18. The SMILES string of the molecule is C/C=C/C(C#N)O[Si](C)(C)C(C)(C)C. The quantitative estimate of drug-likeness (QED) is 0.529. The second-order valence-corrected chi connectivity index (χ2v) is 9.71. The van der Waals surface area contributed by atoms with Crippen molar-refractivity contribution in [2.45, 2.75) is 51.9 Å². The van der Waals surface area contributed by atoms with Crippen LogP contribution in [0.2, 0.25) is 18.1 Å². The maximum Gasteiger partial charge on any atom is 0.194 e. The number of allylic oxidation sites excluding steroid dienone is 1. The third-order valence-electron chi connectivity index (χ3n) is 2.72. The van der Waals surface area contributed by atoms with E-state index in [1.807, 2.05) is 13.0 Å². The molecule has 0 rings (SSSR count). The molecule has 0 aliphatic carbocycles. The van der Waals surface area contributed by atoms with E-state index in [0.717, 1.165) is 0 Å². The standard InChI is InChI=1S/C11H21NOSi/c1-7-8-10(9-12)13-14(5,6)11(2,3)4/h7-8,10H,1-6H3/b8-7+. The van der Waals surface area contributed by atoms with Crippen molar-refractivity contribution >= 4 is 8.32 Å². The Labute approximate surface area is 88.7 Å². The van der Waals surface area contributed by atoms with Crippen LogP contribution in [-0.4, -0.2) is 14.4 Å². The molecule has 0 saturated carbocycles. The summed E-state index contributed by atoms with van der Waals surface area (Å²) in [6.45, 7) is 12.7. The number of hydrogen-bond acceptors (Lipinski definition) is 2. The summed E-state index contributed by atoms with van der Waals surface area (Å²) in [4.78, 5) is 0. The van der Waals surface area contributed by atoms with Gasteiger partial charge in [-0.25, -0.2) is 0 Å². The van der Waals surface area contributed by atoms with E-state index in [-0.39, 0.29) is 11.1 Å². The molecule has 0 aromatic rings. The molecule has 0 saturated heterocycles. The molecule has 1 unspecified atom stereocenters. The lowest BCUT2D eigenvalue weighted by Gasteiger charge is -2.37. The molecule has 14 heavy (non-hydrogen) atoms. The summed E-state index contributed by atoms with van der Waals surface area (Å²) in [5.41, 5.74) is 0. The first-order valence-corrected chi connectivity index (χ1v) is 7.85. The Morgan fingerprint density at radius 1 is 1.36 bits per heavy atom. The Balaban J connectivity index is 4.58. The van der Waals surface area contributed by atoms with Gasteiger partial charge in [0.2, 0.25) is 0 Å². The molecule has 0 aromatic carbocycles. The van der Waals surface area contributed by atoms with Crippen molar-refractivity contribution in [1.29, 1.82) is 5.26 Å². The van der Waals surface area contributed by atoms with Gasteiger partial charge in [-0.1, -0.05) is 26.8 Å². The zero-order chi connectivity index (χ0) is 11.4. The van der Waals surface area contributed by atoms with Gasteiger partial charge >= 0.3 is 0 Å². The van der Waals surface area contributed by atoms with E-state index in [1.54, 1.807) is 6.08 Å². The zero-order valence-corrected chi connectivity index (χ0v) is 11.1. The Kier molecular flexibility index (Phi) is 4.56. The van der Waals surface area contributed by atoms with E-state index in [9.17, 15) is 0 Å². The highest BCUT2D eigenvalue weighted by Crippen LogP contribution is 2.37. The Morgan fingerprint density at radius 3 is 2.14 bits per heavy atom. The largest absolute Gasteiger partial charge is 0.398 e. The number of hydrogen-bond donors (Lipinski definition) is 0. The summed E-state index contributed by atoms with van der Waals surface area (Å²) in [5.74, 6) is 0. The van der Waals surface area contributed by atoms with Gasteiger partial charge in [0.1, 0.15) is 0 Å². The molecule has 0 heterocycles. The second kappa shape index (κ2) is 4.76. The minimum atomic E-state index is -1.80. The van der Waals surface area contributed by atoms with Gasteiger partial charge in [0.25, 0.3) is 0 Å². The van der Waals surface area contributed by atoms with Crippen LogP contribution in [0.3, 0.4) is 0 Å². The fourth-order valence-corrected chi connectivity index (χ4v) is 1.90. The Morgan fingerprint density at radius 2 is 1.86 bits per heavy atom. The van der Waals surface area contributed by atoms with Gasteiger partial charge in [0, 0.05) is 0 Å². The molecule has 0 N–H and O–H groups in total. The lowest BCUT2D eigenvalue weighted by atomic mass is 10.2. The molecule has 0 aliphatic rings. The normalized spacial score (nSPS) is 15.5. The average molecular weight is 211 g/mol. The number of nitrogens with zero attached hydrogens (tertiary/aromatic N) is 1.